The van der Waals surface area contributed by atoms with Gasteiger partial charge in [0.2, 0.25) is 0 Å². The van der Waals surface area contributed by atoms with Crippen LogP contribution in [0.25, 0.3) is 0 Å². The Morgan fingerprint density at radius 2 is 1.94 bits per heavy atom. The second-order valence-electron chi connectivity index (χ2n) is 4.94. The van der Waals surface area contributed by atoms with Crippen LogP contribution in [-0.2, 0) is 4.74 Å². The van der Waals surface area contributed by atoms with Gasteiger partial charge in [0.1, 0.15) is 0 Å². The van der Waals surface area contributed by atoms with E-state index in [9.17, 15) is 0 Å². The van der Waals surface area contributed by atoms with Crippen molar-refractivity contribution >= 4 is 0 Å². The Bertz CT molecular complexity index is 349. The van der Waals surface area contributed by atoms with Gasteiger partial charge in [-0.15, -0.1) is 0 Å². The molecule has 18 heavy (non-hydrogen) atoms. The molecule has 102 valence electrons. The molecule has 1 unspecified atom stereocenters. The number of benzene rings is 1. The Morgan fingerprint density at radius 3 is 2.61 bits per heavy atom. The smallest absolute Gasteiger partial charge is 0.0661 e. The van der Waals surface area contributed by atoms with Gasteiger partial charge in [0, 0.05) is 6.61 Å². The first-order valence-electron chi connectivity index (χ1n) is 7.07. The summed E-state index contributed by atoms with van der Waals surface area (Å²) in [6.45, 7) is 11.3. The third-order valence-electron chi connectivity index (χ3n) is 3.08. The number of ether oxygens (including phenoxy) is 1. The molecule has 2 heteroatoms. The van der Waals surface area contributed by atoms with Crippen molar-refractivity contribution in [2.75, 3.05) is 19.8 Å². The Balaban J connectivity index is 2.75. The van der Waals surface area contributed by atoms with Crippen molar-refractivity contribution in [3.63, 3.8) is 0 Å². The average Bonchev–Trinajstić information content (AvgIpc) is 2.37. The van der Waals surface area contributed by atoms with Crippen molar-refractivity contribution in [3.8, 4) is 0 Å². The average molecular weight is 249 g/mol. The summed E-state index contributed by atoms with van der Waals surface area (Å²) >= 11 is 0. The molecule has 0 radical (unpaired) electrons. The van der Waals surface area contributed by atoms with Gasteiger partial charge in [0.25, 0.3) is 0 Å². The van der Waals surface area contributed by atoms with E-state index in [1.54, 1.807) is 0 Å². The van der Waals surface area contributed by atoms with E-state index in [1.807, 2.05) is 0 Å². The molecule has 0 aliphatic heterocycles. The van der Waals surface area contributed by atoms with Crippen molar-refractivity contribution in [2.45, 2.75) is 46.6 Å². The van der Waals surface area contributed by atoms with Gasteiger partial charge in [-0.2, -0.15) is 0 Å². The summed E-state index contributed by atoms with van der Waals surface area (Å²) in [5.74, 6) is 0. The first-order valence-corrected chi connectivity index (χ1v) is 7.07. The van der Waals surface area contributed by atoms with Gasteiger partial charge in [-0.05, 0) is 44.4 Å². The molecule has 1 N–H and O–H groups in total. The van der Waals surface area contributed by atoms with Crippen LogP contribution in [0.5, 0.6) is 0 Å². The summed E-state index contributed by atoms with van der Waals surface area (Å²) in [6, 6.07) is 6.96. The zero-order valence-corrected chi connectivity index (χ0v) is 12.3. The molecule has 0 saturated carbocycles. The predicted octanol–water partition coefficient (Wildman–Crippen LogP) is 3.77. The van der Waals surface area contributed by atoms with Gasteiger partial charge in [-0.3, -0.25) is 0 Å². The van der Waals surface area contributed by atoms with E-state index < -0.39 is 0 Å². The molecule has 0 amide bonds. The van der Waals surface area contributed by atoms with Gasteiger partial charge in [-0.25, -0.2) is 0 Å². The zero-order chi connectivity index (χ0) is 13.4. The Labute approximate surface area is 112 Å². The minimum Gasteiger partial charge on any atom is -0.379 e. The minimum atomic E-state index is 0.316. The quantitative estimate of drug-likeness (QED) is 0.708. The van der Waals surface area contributed by atoms with Gasteiger partial charge >= 0.3 is 0 Å². The van der Waals surface area contributed by atoms with Gasteiger partial charge in [0.05, 0.1) is 12.6 Å². The summed E-state index contributed by atoms with van der Waals surface area (Å²) < 4.78 is 5.73. The monoisotopic (exact) mass is 249 g/mol. The fraction of sp³-hybridized carbons (Fsp3) is 0.625. The SMILES string of the molecule is CCCNC(COCCC)c1cc(C)ccc1C. The summed E-state index contributed by atoms with van der Waals surface area (Å²) in [7, 11) is 0. The van der Waals surface area contributed by atoms with E-state index in [-0.39, 0.29) is 0 Å². The first kappa shape index (κ1) is 15.2. The normalized spacial score (nSPS) is 12.7. The third kappa shape index (κ3) is 4.79. The maximum Gasteiger partial charge on any atom is 0.0661 e. The number of nitrogens with one attached hydrogen (secondary N) is 1. The molecule has 1 rings (SSSR count). The Kier molecular flexibility index (Phi) is 6.99. The second kappa shape index (κ2) is 8.28. The largest absolute Gasteiger partial charge is 0.379 e. The highest BCUT2D eigenvalue weighted by atomic mass is 16.5. The molecule has 0 fully saturated rings. The zero-order valence-electron chi connectivity index (χ0n) is 12.3. The second-order valence-corrected chi connectivity index (χ2v) is 4.94. The van der Waals surface area contributed by atoms with Gasteiger partial charge in [-0.1, -0.05) is 37.6 Å². The van der Waals surface area contributed by atoms with Crippen LogP contribution >= 0.6 is 0 Å². The lowest BCUT2D eigenvalue weighted by molar-refractivity contribution is 0.112. The van der Waals surface area contributed by atoms with E-state index in [2.05, 4.69) is 51.2 Å². The van der Waals surface area contributed by atoms with E-state index >= 15 is 0 Å². The van der Waals surface area contributed by atoms with Crippen molar-refractivity contribution in [3.05, 3.63) is 34.9 Å². The molecule has 1 aromatic rings. The predicted molar refractivity (Wildman–Crippen MR) is 78.1 cm³/mol. The lowest BCUT2D eigenvalue weighted by Crippen LogP contribution is -2.27. The maximum absolute atomic E-state index is 5.73. The van der Waals surface area contributed by atoms with Crippen LogP contribution in [-0.4, -0.2) is 19.8 Å². The molecule has 1 aromatic carbocycles. The Hall–Kier alpha value is -0.860. The van der Waals surface area contributed by atoms with Gasteiger partial charge < -0.3 is 10.1 Å². The molecular formula is C16H27NO. The minimum absolute atomic E-state index is 0.316. The van der Waals surface area contributed by atoms with E-state index in [4.69, 9.17) is 4.74 Å². The van der Waals surface area contributed by atoms with Crippen molar-refractivity contribution in [2.24, 2.45) is 0 Å². The molecule has 0 spiro atoms. The molecule has 0 aliphatic carbocycles. The molecule has 0 heterocycles. The maximum atomic E-state index is 5.73. The van der Waals surface area contributed by atoms with Crippen LogP contribution in [0.3, 0.4) is 0 Å². The van der Waals surface area contributed by atoms with Crippen LogP contribution in [0, 0.1) is 13.8 Å². The molecule has 0 aliphatic rings. The molecule has 2 nitrogen and oxygen atoms in total. The molecule has 0 aromatic heterocycles. The van der Waals surface area contributed by atoms with Crippen LogP contribution in [0.2, 0.25) is 0 Å². The van der Waals surface area contributed by atoms with E-state index in [0.717, 1.165) is 32.6 Å². The van der Waals surface area contributed by atoms with Crippen LogP contribution < -0.4 is 5.32 Å². The topological polar surface area (TPSA) is 21.3 Å². The Morgan fingerprint density at radius 1 is 1.17 bits per heavy atom. The first-order chi connectivity index (χ1) is 8.69. The van der Waals surface area contributed by atoms with Crippen LogP contribution in [0.1, 0.15) is 49.4 Å². The fourth-order valence-electron chi connectivity index (χ4n) is 2.06. The third-order valence-corrected chi connectivity index (χ3v) is 3.08. The number of hydrogen-bond acceptors (Lipinski definition) is 2. The van der Waals surface area contributed by atoms with Crippen LogP contribution in [0.15, 0.2) is 18.2 Å². The van der Waals surface area contributed by atoms with E-state index in [0.29, 0.717) is 6.04 Å². The fourth-order valence-corrected chi connectivity index (χ4v) is 2.06. The van der Waals surface area contributed by atoms with Gasteiger partial charge in [0.15, 0.2) is 0 Å². The highest BCUT2D eigenvalue weighted by molar-refractivity contribution is 5.33. The number of hydrogen-bond donors (Lipinski definition) is 1. The highest BCUT2D eigenvalue weighted by Crippen LogP contribution is 2.20. The lowest BCUT2D eigenvalue weighted by Gasteiger charge is -2.21. The molecular weight excluding hydrogens is 222 g/mol. The number of rotatable bonds is 8. The van der Waals surface area contributed by atoms with Crippen molar-refractivity contribution in [1.82, 2.24) is 5.32 Å². The molecule has 0 saturated heterocycles. The number of aryl methyl sites for hydroxylation is 2. The summed E-state index contributed by atoms with van der Waals surface area (Å²) in [6.07, 6.45) is 2.22. The summed E-state index contributed by atoms with van der Waals surface area (Å²) in [4.78, 5) is 0. The summed E-state index contributed by atoms with van der Waals surface area (Å²) in [5.41, 5.74) is 4.03. The highest BCUT2D eigenvalue weighted by Gasteiger charge is 2.13. The van der Waals surface area contributed by atoms with Crippen LogP contribution in [0.4, 0.5) is 0 Å². The molecule has 0 bridgehead atoms. The summed E-state index contributed by atoms with van der Waals surface area (Å²) in [5, 5.41) is 3.59. The lowest BCUT2D eigenvalue weighted by atomic mass is 9.99. The van der Waals surface area contributed by atoms with Crippen molar-refractivity contribution < 1.29 is 4.74 Å². The van der Waals surface area contributed by atoms with E-state index in [1.165, 1.54) is 16.7 Å². The standard InChI is InChI=1S/C16H27NO/c1-5-9-17-16(12-18-10-6-2)15-11-13(3)7-8-14(15)4/h7-8,11,16-17H,5-6,9-10,12H2,1-4H3. The molecule has 1 atom stereocenters. The van der Waals surface area contributed by atoms with Crippen molar-refractivity contribution in [1.29, 1.82) is 0 Å².